The number of aromatic nitrogens is 1. The second-order valence-corrected chi connectivity index (χ2v) is 6.11. The molecule has 1 amide bonds. The number of hydrogen-bond donors (Lipinski definition) is 1. The van der Waals surface area contributed by atoms with Crippen LogP contribution in [0.25, 0.3) is 10.9 Å². The van der Waals surface area contributed by atoms with Crippen molar-refractivity contribution in [1.29, 1.82) is 0 Å². The number of amides is 1. The fraction of sp³-hybridized carbons (Fsp3) is 0.167. The minimum absolute atomic E-state index is 0.0475. The number of hydrogen-bond acceptors (Lipinski definition) is 1. The second-order valence-electron chi connectivity index (χ2n) is 5.70. The van der Waals surface area contributed by atoms with E-state index in [1.807, 2.05) is 18.2 Å². The van der Waals surface area contributed by atoms with Gasteiger partial charge in [-0.25, -0.2) is 4.39 Å². The van der Waals surface area contributed by atoms with E-state index in [1.54, 1.807) is 4.90 Å². The SMILES string of the molecule is O=C(c1c(F)cccc1Cl)N1CCc2c([nH]c3ccccc23)C1. The number of nitrogens with zero attached hydrogens (tertiary/aromatic N) is 1. The van der Waals surface area contributed by atoms with Crippen molar-refractivity contribution < 1.29 is 9.18 Å². The van der Waals surface area contributed by atoms with Crippen molar-refractivity contribution in [2.24, 2.45) is 0 Å². The monoisotopic (exact) mass is 328 g/mol. The van der Waals surface area contributed by atoms with Gasteiger partial charge >= 0.3 is 0 Å². The first-order valence-corrected chi connectivity index (χ1v) is 7.84. The number of halogens is 2. The highest BCUT2D eigenvalue weighted by Gasteiger charge is 2.27. The Morgan fingerprint density at radius 1 is 1.17 bits per heavy atom. The molecule has 2 aromatic carbocycles. The number of carbonyl (C=O) groups excluding carboxylic acids is 1. The highest BCUT2D eigenvalue weighted by atomic mass is 35.5. The summed E-state index contributed by atoms with van der Waals surface area (Å²) in [4.78, 5) is 17.7. The van der Waals surface area contributed by atoms with Crippen LogP contribution >= 0.6 is 11.6 Å². The number of aromatic amines is 1. The van der Waals surface area contributed by atoms with Crippen LogP contribution in [0.2, 0.25) is 5.02 Å². The summed E-state index contributed by atoms with van der Waals surface area (Å²) < 4.78 is 14.0. The number of H-pyrrole nitrogens is 1. The van der Waals surface area contributed by atoms with Gasteiger partial charge in [0.2, 0.25) is 0 Å². The lowest BCUT2D eigenvalue weighted by atomic mass is 10.0. The quantitative estimate of drug-likeness (QED) is 0.715. The lowest BCUT2D eigenvalue weighted by Crippen LogP contribution is -2.36. The molecule has 1 aliphatic rings. The molecular weight excluding hydrogens is 315 g/mol. The van der Waals surface area contributed by atoms with E-state index in [0.29, 0.717) is 13.1 Å². The van der Waals surface area contributed by atoms with E-state index in [1.165, 1.54) is 29.1 Å². The fourth-order valence-corrected chi connectivity index (χ4v) is 3.47. The van der Waals surface area contributed by atoms with Crippen LogP contribution in [0.1, 0.15) is 21.6 Å². The van der Waals surface area contributed by atoms with Gasteiger partial charge in [0.05, 0.1) is 17.1 Å². The minimum Gasteiger partial charge on any atom is -0.357 e. The van der Waals surface area contributed by atoms with E-state index in [4.69, 9.17) is 11.6 Å². The van der Waals surface area contributed by atoms with Crippen LogP contribution in [-0.2, 0) is 13.0 Å². The molecule has 3 nitrogen and oxygen atoms in total. The average molecular weight is 329 g/mol. The van der Waals surface area contributed by atoms with E-state index in [9.17, 15) is 9.18 Å². The van der Waals surface area contributed by atoms with Crippen LogP contribution in [0.3, 0.4) is 0 Å². The number of nitrogens with one attached hydrogen (secondary N) is 1. The first-order valence-electron chi connectivity index (χ1n) is 7.47. The summed E-state index contributed by atoms with van der Waals surface area (Å²) in [6, 6.07) is 12.4. The molecule has 1 N–H and O–H groups in total. The molecule has 0 saturated heterocycles. The molecular formula is C18H14ClFN2O. The molecule has 5 heteroatoms. The van der Waals surface area contributed by atoms with E-state index in [0.717, 1.165) is 17.6 Å². The molecule has 0 aliphatic carbocycles. The molecule has 0 unspecified atom stereocenters. The highest BCUT2D eigenvalue weighted by Crippen LogP contribution is 2.29. The minimum atomic E-state index is -0.579. The highest BCUT2D eigenvalue weighted by molar-refractivity contribution is 6.33. The Hall–Kier alpha value is -2.33. The zero-order valence-electron chi connectivity index (χ0n) is 12.3. The summed E-state index contributed by atoms with van der Waals surface area (Å²) in [5, 5.41) is 1.34. The average Bonchev–Trinajstić information content (AvgIpc) is 2.92. The summed E-state index contributed by atoms with van der Waals surface area (Å²) in [6.45, 7) is 0.992. The number of benzene rings is 2. The van der Waals surface area contributed by atoms with Gasteiger partial charge in [-0.05, 0) is 30.2 Å². The molecule has 1 aliphatic heterocycles. The Bertz CT molecular complexity index is 898. The Morgan fingerprint density at radius 2 is 2.00 bits per heavy atom. The largest absolute Gasteiger partial charge is 0.357 e. The smallest absolute Gasteiger partial charge is 0.258 e. The number of rotatable bonds is 1. The summed E-state index contributed by atoms with van der Waals surface area (Å²) in [5.41, 5.74) is 3.27. The molecule has 0 saturated carbocycles. The third kappa shape index (κ3) is 2.30. The van der Waals surface area contributed by atoms with Gasteiger partial charge in [-0.15, -0.1) is 0 Å². The predicted molar refractivity (Wildman–Crippen MR) is 88.2 cm³/mol. The molecule has 3 aromatic rings. The molecule has 0 radical (unpaired) electrons. The van der Waals surface area contributed by atoms with Crippen molar-refractivity contribution >= 4 is 28.4 Å². The predicted octanol–water partition coefficient (Wildman–Crippen LogP) is 4.16. The Kier molecular flexibility index (Phi) is 3.34. The zero-order chi connectivity index (χ0) is 16.0. The zero-order valence-corrected chi connectivity index (χ0v) is 13.0. The van der Waals surface area contributed by atoms with Gasteiger partial charge < -0.3 is 9.88 Å². The normalized spacial score (nSPS) is 14.1. The summed E-state index contributed by atoms with van der Waals surface area (Å²) in [7, 11) is 0. The van der Waals surface area contributed by atoms with Crippen molar-refractivity contribution in [2.75, 3.05) is 6.54 Å². The lowest BCUT2D eigenvalue weighted by Gasteiger charge is -2.27. The summed E-state index contributed by atoms with van der Waals surface area (Å²) in [5.74, 6) is -0.942. The standard InChI is InChI=1S/C18H14ClFN2O/c19-13-5-3-6-14(20)17(13)18(23)22-9-8-12-11-4-1-2-7-15(11)21-16(12)10-22/h1-7,21H,8-10H2. The van der Waals surface area contributed by atoms with Crippen molar-refractivity contribution in [2.45, 2.75) is 13.0 Å². The molecule has 23 heavy (non-hydrogen) atoms. The number of carbonyl (C=O) groups is 1. The Balaban J connectivity index is 1.69. The van der Waals surface area contributed by atoms with Gasteiger partial charge in [0, 0.05) is 23.1 Å². The lowest BCUT2D eigenvalue weighted by molar-refractivity contribution is 0.0728. The van der Waals surface area contributed by atoms with Crippen molar-refractivity contribution in [3.8, 4) is 0 Å². The third-order valence-electron chi connectivity index (χ3n) is 4.35. The molecule has 0 fully saturated rings. The van der Waals surface area contributed by atoms with Gasteiger partial charge in [0.1, 0.15) is 5.82 Å². The van der Waals surface area contributed by atoms with Crippen LogP contribution in [0.15, 0.2) is 42.5 Å². The van der Waals surface area contributed by atoms with E-state index in [2.05, 4.69) is 11.1 Å². The van der Waals surface area contributed by atoms with Gasteiger partial charge in [-0.2, -0.15) is 0 Å². The molecule has 0 bridgehead atoms. The van der Waals surface area contributed by atoms with Crippen LogP contribution in [0, 0.1) is 5.82 Å². The number of fused-ring (bicyclic) bond motifs is 3. The molecule has 116 valence electrons. The maximum absolute atomic E-state index is 14.0. The van der Waals surface area contributed by atoms with Crippen LogP contribution in [-0.4, -0.2) is 22.3 Å². The molecule has 1 aromatic heterocycles. The van der Waals surface area contributed by atoms with Gasteiger partial charge in [-0.1, -0.05) is 35.9 Å². The fourth-order valence-electron chi connectivity index (χ4n) is 3.23. The van der Waals surface area contributed by atoms with Gasteiger partial charge in [0.15, 0.2) is 0 Å². The van der Waals surface area contributed by atoms with Crippen LogP contribution in [0.4, 0.5) is 4.39 Å². The van der Waals surface area contributed by atoms with Crippen molar-refractivity contribution in [1.82, 2.24) is 9.88 Å². The Labute approximate surface area is 137 Å². The first kappa shape index (κ1) is 14.3. The van der Waals surface area contributed by atoms with Crippen molar-refractivity contribution in [3.63, 3.8) is 0 Å². The molecule has 0 spiro atoms. The Morgan fingerprint density at radius 3 is 2.83 bits per heavy atom. The van der Waals surface area contributed by atoms with Crippen LogP contribution in [0.5, 0.6) is 0 Å². The van der Waals surface area contributed by atoms with Gasteiger partial charge in [-0.3, -0.25) is 4.79 Å². The van der Waals surface area contributed by atoms with Crippen LogP contribution < -0.4 is 0 Å². The van der Waals surface area contributed by atoms with E-state index >= 15 is 0 Å². The van der Waals surface area contributed by atoms with Gasteiger partial charge in [0.25, 0.3) is 5.91 Å². The van der Waals surface area contributed by atoms with Crippen molar-refractivity contribution in [3.05, 3.63) is 70.1 Å². The maximum atomic E-state index is 14.0. The van der Waals surface area contributed by atoms with E-state index < -0.39 is 5.82 Å². The third-order valence-corrected chi connectivity index (χ3v) is 4.66. The topological polar surface area (TPSA) is 36.1 Å². The molecule has 4 rings (SSSR count). The first-order chi connectivity index (χ1) is 11.1. The second kappa shape index (κ2) is 5.39. The maximum Gasteiger partial charge on any atom is 0.258 e. The summed E-state index contributed by atoms with van der Waals surface area (Å²) in [6.07, 6.45) is 0.747. The molecule has 2 heterocycles. The number of para-hydroxylation sites is 1. The van der Waals surface area contributed by atoms with E-state index in [-0.39, 0.29) is 16.5 Å². The summed E-state index contributed by atoms with van der Waals surface area (Å²) >= 11 is 6.01. The molecule has 0 atom stereocenters.